The Morgan fingerprint density at radius 1 is 1.26 bits per heavy atom. The van der Waals surface area contributed by atoms with Gasteiger partial charge in [-0.05, 0) is 56.0 Å². The van der Waals surface area contributed by atoms with Gasteiger partial charge in [-0.3, -0.25) is 9.78 Å². The molecule has 1 aliphatic rings. The summed E-state index contributed by atoms with van der Waals surface area (Å²) >= 11 is 5.90. The minimum Gasteiger partial charge on any atom is -0.328 e. The van der Waals surface area contributed by atoms with Crippen LogP contribution in [0.2, 0.25) is 5.02 Å². The fraction of sp³-hybridized carbons (Fsp3) is 0.333. The van der Waals surface area contributed by atoms with Crippen LogP contribution in [0.15, 0.2) is 49.1 Å². The summed E-state index contributed by atoms with van der Waals surface area (Å²) in [5.74, 6) is 0.278. The SMILES string of the molecule is CC(c1ncnn1-c1ccncc1)N(CC1CC1)C(=O)c1cc(Cl)cc(C(F)(F)F)c1. The van der Waals surface area contributed by atoms with E-state index < -0.39 is 23.7 Å². The molecular formula is C21H19ClF3N5O. The second-order valence-corrected chi connectivity index (χ2v) is 7.98. The summed E-state index contributed by atoms with van der Waals surface area (Å²) in [4.78, 5) is 23.2. The van der Waals surface area contributed by atoms with Crippen LogP contribution in [0.3, 0.4) is 0 Å². The van der Waals surface area contributed by atoms with Crippen molar-refractivity contribution in [1.29, 1.82) is 0 Å². The van der Waals surface area contributed by atoms with Gasteiger partial charge in [0.25, 0.3) is 5.91 Å². The molecule has 1 unspecified atom stereocenters. The maximum atomic E-state index is 13.4. The molecule has 6 nitrogen and oxygen atoms in total. The number of alkyl halides is 3. The Morgan fingerprint density at radius 3 is 2.61 bits per heavy atom. The lowest BCUT2D eigenvalue weighted by atomic mass is 10.1. The molecule has 1 fully saturated rings. The summed E-state index contributed by atoms with van der Waals surface area (Å²) in [6.45, 7) is 2.20. The smallest absolute Gasteiger partial charge is 0.328 e. The van der Waals surface area contributed by atoms with Gasteiger partial charge in [-0.15, -0.1) is 0 Å². The molecule has 31 heavy (non-hydrogen) atoms. The molecule has 162 valence electrons. The molecule has 1 aliphatic carbocycles. The number of pyridine rings is 1. The third-order valence-corrected chi connectivity index (χ3v) is 5.43. The summed E-state index contributed by atoms with van der Waals surface area (Å²) < 4.78 is 41.3. The van der Waals surface area contributed by atoms with Crippen LogP contribution in [0.1, 0.15) is 47.6 Å². The van der Waals surface area contributed by atoms with E-state index in [0.717, 1.165) is 30.7 Å². The molecule has 0 saturated heterocycles. The second kappa shape index (κ2) is 8.30. The van der Waals surface area contributed by atoms with Gasteiger partial charge < -0.3 is 4.90 Å². The van der Waals surface area contributed by atoms with E-state index in [1.165, 1.54) is 12.4 Å². The Kier molecular flexibility index (Phi) is 5.70. The molecule has 3 aromatic rings. The third-order valence-electron chi connectivity index (χ3n) is 5.21. The first kappa shape index (κ1) is 21.3. The minimum absolute atomic E-state index is 0.109. The van der Waals surface area contributed by atoms with Crippen LogP contribution in [0, 0.1) is 5.92 Å². The fourth-order valence-electron chi connectivity index (χ4n) is 3.40. The summed E-state index contributed by atoms with van der Waals surface area (Å²) in [7, 11) is 0. The number of rotatable bonds is 6. The molecule has 0 bridgehead atoms. The van der Waals surface area contributed by atoms with Crippen molar-refractivity contribution in [3.8, 4) is 5.69 Å². The monoisotopic (exact) mass is 449 g/mol. The first-order chi connectivity index (χ1) is 14.7. The van der Waals surface area contributed by atoms with Gasteiger partial charge in [-0.1, -0.05) is 11.6 Å². The summed E-state index contributed by atoms with van der Waals surface area (Å²) in [5, 5.41) is 4.11. The number of carbonyl (C=O) groups is 1. The summed E-state index contributed by atoms with van der Waals surface area (Å²) in [6.07, 6.45) is 1.95. The lowest BCUT2D eigenvalue weighted by Gasteiger charge is -2.29. The topological polar surface area (TPSA) is 63.9 Å². The van der Waals surface area contributed by atoms with Gasteiger partial charge in [0.15, 0.2) is 5.82 Å². The van der Waals surface area contributed by atoms with Crippen LogP contribution < -0.4 is 0 Å². The number of carbonyl (C=O) groups excluding carboxylic acids is 1. The van der Waals surface area contributed by atoms with Crippen molar-refractivity contribution in [3.63, 3.8) is 0 Å². The van der Waals surface area contributed by atoms with Crippen molar-refractivity contribution in [2.24, 2.45) is 5.92 Å². The van der Waals surface area contributed by atoms with E-state index in [9.17, 15) is 18.0 Å². The Balaban J connectivity index is 1.70. The highest BCUT2D eigenvalue weighted by molar-refractivity contribution is 6.31. The standard InChI is InChI=1S/C21H19ClF3N5O/c1-13(19-27-12-28-30(19)18-4-6-26-7-5-18)29(11-14-2-3-14)20(31)15-8-16(21(23,24)25)10-17(22)9-15/h4-10,12-14H,2-3,11H2,1H3. The Morgan fingerprint density at radius 2 is 1.97 bits per heavy atom. The predicted molar refractivity (Wildman–Crippen MR) is 108 cm³/mol. The molecule has 1 aromatic carbocycles. The Labute approximate surface area is 181 Å². The normalized spacial score (nSPS) is 15.0. The molecule has 4 rings (SSSR count). The lowest BCUT2D eigenvalue weighted by Crippen LogP contribution is -2.36. The van der Waals surface area contributed by atoms with Gasteiger partial charge >= 0.3 is 6.18 Å². The average molecular weight is 450 g/mol. The van der Waals surface area contributed by atoms with Crippen LogP contribution >= 0.6 is 11.6 Å². The molecule has 1 atom stereocenters. The third kappa shape index (κ3) is 4.71. The maximum Gasteiger partial charge on any atom is 0.416 e. The van der Waals surface area contributed by atoms with Gasteiger partial charge in [0.1, 0.15) is 6.33 Å². The largest absolute Gasteiger partial charge is 0.416 e. The molecule has 0 spiro atoms. The number of hydrogen-bond acceptors (Lipinski definition) is 4. The molecule has 1 amide bonds. The van der Waals surface area contributed by atoms with Crippen LogP contribution in [0.25, 0.3) is 5.69 Å². The maximum absolute atomic E-state index is 13.4. The highest BCUT2D eigenvalue weighted by Gasteiger charge is 2.35. The summed E-state index contributed by atoms with van der Waals surface area (Å²) in [5.41, 5.74) is -0.347. The van der Waals surface area contributed by atoms with E-state index in [4.69, 9.17) is 11.6 Å². The van der Waals surface area contributed by atoms with Crippen molar-refractivity contribution < 1.29 is 18.0 Å². The Bertz CT molecular complexity index is 1080. The zero-order chi connectivity index (χ0) is 22.2. The zero-order valence-corrected chi connectivity index (χ0v) is 17.3. The van der Waals surface area contributed by atoms with Gasteiger partial charge in [-0.25, -0.2) is 9.67 Å². The molecule has 0 N–H and O–H groups in total. The van der Waals surface area contributed by atoms with Crippen LogP contribution in [0.4, 0.5) is 13.2 Å². The number of amides is 1. The molecule has 1 saturated carbocycles. The average Bonchev–Trinajstić information content (AvgIpc) is 3.43. The van der Waals surface area contributed by atoms with E-state index in [-0.39, 0.29) is 10.6 Å². The van der Waals surface area contributed by atoms with E-state index >= 15 is 0 Å². The fourth-order valence-corrected chi connectivity index (χ4v) is 3.63. The van der Waals surface area contributed by atoms with Gasteiger partial charge in [0, 0.05) is 29.5 Å². The Hall–Kier alpha value is -2.94. The number of nitrogens with zero attached hydrogens (tertiary/aromatic N) is 5. The first-order valence-corrected chi connectivity index (χ1v) is 10.1. The van der Waals surface area contributed by atoms with E-state index in [0.29, 0.717) is 18.3 Å². The van der Waals surface area contributed by atoms with E-state index in [2.05, 4.69) is 15.1 Å². The van der Waals surface area contributed by atoms with E-state index in [1.807, 2.05) is 0 Å². The predicted octanol–water partition coefficient (Wildman–Crippen LogP) is 4.95. The van der Waals surface area contributed by atoms with Crippen LogP contribution in [-0.2, 0) is 6.18 Å². The van der Waals surface area contributed by atoms with Crippen LogP contribution in [-0.4, -0.2) is 37.1 Å². The van der Waals surface area contributed by atoms with Crippen LogP contribution in [0.5, 0.6) is 0 Å². The highest BCUT2D eigenvalue weighted by Crippen LogP contribution is 2.35. The molecular weight excluding hydrogens is 431 g/mol. The lowest BCUT2D eigenvalue weighted by molar-refractivity contribution is -0.137. The van der Waals surface area contributed by atoms with Crippen molar-refractivity contribution in [2.45, 2.75) is 32.0 Å². The quantitative estimate of drug-likeness (QED) is 0.534. The van der Waals surface area contributed by atoms with Gasteiger partial charge in [0.2, 0.25) is 0 Å². The number of aromatic nitrogens is 4. The molecule has 0 aliphatic heterocycles. The van der Waals surface area contributed by atoms with Crippen molar-refractivity contribution in [1.82, 2.24) is 24.6 Å². The molecule has 2 aromatic heterocycles. The zero-order valence-electron chi connectivity index (χ0n) is 16.6. The van der Waals surface area contributed by atoms with Gasteiger partial charge in [0.05, 0.1) is 17.3 Å². The van der Waals surface area contributed by atoms with E-state index in [1.54, 1.807) is 41.0 Å². The number of hydrogen-bond donors (Lipinski definition) is 0. The van der Waals surface area contributed by atoms with Crippen molar-refractivity contribution in [3.05, 3.63) is 71.0 Å². The van der Waals surface area contributed by atoms with Crippen molar-refractivity contribution >= 4 is 17.5 Å². The number of halogens is 4. The highest BCUT2D eigenvalue weighted by atomic mass is 35.5. The molecule has 0 radical (unpaired) electrons. The second-order valence-electron chi connectivity index (χ2n) is 7.54. The summed E-state index contributed by atoms with van der Waals surface area (Å²) in [6, 6.07) is 5.90. The first-order valence-electron chi connectivity index (χ1n) is 9.73. The molecule has 10 heteroatoms. The van der Waals surface area contributed by atoms with Crippen molar-refractivity contribution in [2.75, 3.05) is 6.54 Å². The van der Waals surface area contributed by atoms with Gasteiger partial charge in [-0.2, -0.15) is 18.3 Å². The number of benzene rings is 1. The molecule has 2 heterocycles. The minimum atomic E-state index is -4.60.